The van der Waals surface area contributed by atoms with Gasteiger partial charge in [-0.15, -0.1) is 0 Å². The van der Waals surface area contributed by atoms with Gasteiger partial charge in [0.2, 0.25) is 0 Å². The topological polar surface area (TPSA) is 95.5 Å². The van der Waals surface area contributed by atoms with E-state index in [9.17, 15) is 18.9 Å². The highest BCUT2D eigenvalue weighted by atomic mass is 32.2. The number of hydrogen-bond donors (Lipinski definition) is 3. The van der Waals surface area contributed by atoms with E-state index in [0.29, 0.717) is 29.9 Å². The molecule has 0 unspecified atom stereocenters. The first-order valence-corrected chi connectivity index (χ1v) is 8.25. The van der Waals surface area contributed by atoms with E-state index in [0.717, 1.165) is 0 Å². The van der Waals surface area contributed by atoms with E-state index in [4.69, 9.17) is 0 Å². The summed E-state index contributed by atoms with van der Waals surface area (Å²) in [5, 5.41) is 14.4. The number of aliphatic carboxylic acids is 1. The molecule has 2 rings (SSSR count). The summed E-state index contributed by atoms with van der Waals surface area (Å²) in [5.74, 6) is 0.0407. The molecule has 0 radical (unpaired) electrons. The van der Waals surface area contributed by atoms with Crippen LogP contribution in [0.2, 0.25) is 0 Å². The van der Waals surface area contributed by atoms with Crippen LogP contribution in [0.5, 0.6) is 0 Å². The van der Waals surface area contributed by atoms with Crippen molar-refractivity contribution in [3.05, 3.63) is 35.9 Å². The third kappa shape index (κ3) is 4.56. The summed E-state index contributed by atoms with van der Waals surface area (Å²) in [5.41, 5.74) is 0.518. The summed E-state index contributed by atoms with van der Waals surface area (Å²) in [6.45, 7) is 0. The fourth-order valence-corrected chi connectivity index (χ4v) is 3.53. The smallest absolute Gasteiger partial charge is 0.330 e. The number of carboxylic acid groups (broad SMARTS) is 1. The van der Waals surface area contributed by atoms with E-state index >= 15 is 0 Å². The van der Waals surface area contributed by atoms with Crippen LogP contribution < -0.4 is 10.6 Å². The highest BCUT2D eigenvalue weighted by Crippen LogP contribution is 2.13. The zero-order chi connectivity index (χ0) is 15.2. The molecule has 0 aromatic heterocycles. The summed E-state index contributed by atoms with van der Waals surface area (Å²) in [4.78, 5) is 23.2. The molecule has 2 amide bonds. The lowest BCUT2D eigenvalue weighted by molar-refractivity contribution is -0.139. The molecule has 1 saturated heterocycles. The normalized spacial score (nSPS) is 23.0. The maximum Gasteiger partial charge on any atom is 0.330 e. The Kier molecular flexibility index (Phi) is 5.32. The van der Waals surface area contributed by atoms with Crippen molar-refractivity contribution in [2.75, 3.05) is 11.5 Å². The minimum Gasteiger partial charge on any atom is -0.479 e. The van der Waals surface area contributed by atoms with Crippen molar-refractivity contribution in [1.29, 1.82) is 0 Å². The molecule has 1 aliphatic rings. The van der Waals surface area contributed by atoms with Crippen LogP contribution in [-0.4, -0.2) is 38.9 Å². The Morgan fingerprint density at radius 2 is 1.81 bits per heavy atom. The summed E-state index contributed by atoms with van der Waals surface area (Å²) < 4.78 is 11.3. The van der Waals surface area contributed by atoms with Crippen molar-refractivity contribution >= 4 is 22.8 Å². The lowest BCUT2D eigenvalue weighted by atomic mass is 10.1. The second kappa shape index (κ2) is 7.21. The highest BCUT2D eigenvalue weighted by Gasteiger charge is 2.24. The van der Waals surface area contributed by atoms with E-state index in [1.54, 1.807) is 30.3 Å². The third-order valence-electron chi connectivity index (χ3n) is 3.38. The number of carboxylic acids is 1. The molecule has 0 spiro atoms. The molecule has 3 N–H and O–H groups in total. The van der Waals surface area contributed by atoms with Crippen LogP contribution in [0.4, 0.5) is 4.79 Å². The predicted octanol–water partition coefficient (Wildman–Crippen LogP) is 1.02. The molecule has 1 aromatic rings. The summed E-state index contributed by atoms with van der Waals surface area (Å²) in [7, 11) is -0.789. The van der Waals surface area contributed by atoms with Crippen molar-refractivity contribution in [3.8, 4) is 0 Å². The van der Waals surface area contributed by atoms with Gasteiger partial charge in [-0.05, 0) is 18.4 Å². The Morgan fingerprint density at radius 1 is 1.19 bits per heavy atom. The highest BCUT2D eigenvalue weighted by molar-refractivity contribution is 7.85. The number of hydrogen-bond acceptors (Lipinski definition) is 3. The molecule has 1 atom stereocenters. The zero-order valence-corrected chi connectivity index (χ0v) is 12.3. The van der Waals surface area contributed by atoms with Crippen molar-refractivity contribution in [3.63, 3.8) is 0 Å². The molecule has 114 valence electrons. The quantitative estimate of drug-likeness (QED) is 0.774. The number of rotatable bonds is 4. The van der Waals surface area contributed by atoms with Crippen LogP contribution in [0.1, 0.15) is 24.4 Å². The van der Waals surface area contributed by atoms with Crippen LogP contribution in [0, 0.1) is 0 Å². The van der Waals surface area contributed by atoms with E-state index in [2.05, 4.69) is 10.6 Å². The van der Waals surface area contributed by atoms with Gasteiger partial charge in [-0.2, -0.15) is 0 Å². The SMILES string of the molecule is O=C(NC1CCS(=O)CC1)N[C@@H](C(=O)O)c1ccccc1. The van der Waals surface area contributed by atoms with E-state index in [1.807, 2.05) is 0 Å². The first-order valence-electron chi connectivity index (χ1n) is 6.76. The van der Waals surface area contributed by atoms with Crippen LogP contribution in [0.15, 0.2) is 30.3 Å². The molecule has 6 nitrogen and oxygen atoms in total. The Hall–Kier alpha value is -1.89. The third-order valence-corrected chi connectivity index (χ3v) is 4.76. The Balaban J connectivity index is 1.93. The average molecular weight is 310 g/mol. The Morgan fingerprint density at radius 3 is 2.38 bits per heavy atom. The van der Waals surface area contributed by atoms with Gasteiger partial charge in [0, 0.05) is 28.3 Å². The van der Waals surface area contributed by atoms with Gasteiger partial charge >= 0.3 is 12.0 Å². The van der Waals surface area contributed by atoms with E-state index in [-0.39, 0.29) is 6.04 Å². The van der Waals surface area contributed by atoms with E-state index in [1.165, 1.54) is 0 Å². The monoisotopic (exact) mass is 310 g/mol. The first-order chi connectivity index (χ1) is 10.1. The van der Waals surface area contributed by atoms with Crippen LogP contribution in [0.3, 0.4) is 0 Å². The second-order valence-electron chi connectivity index (χ2n) is 4.92. The largest absolute Gasteiger partial charge is 0.479 e. The molecular formula is C14H18N2O4S. The maximum atomic E-state index is 11.9. The number of benzene rings is 1. The molecule has 0 saturated carbocycles. The molecule has 0 bridgehead atoms. The van der Waals surface area contributed by atoms with Gasteiger partial charge < -0.3 is 15.7 Å². The molecule has 1 aliphatic heterocycles. The van der Waals surface area contributed by atoms with E-state index < -0.39 is 28.8 Å². The Labute approximate surface area is 125 Å². The van der Waals surface area contributed by atoms with Crippen molar-refractivity contribution in [1.82, 2.24) is 10.6 Å². The average Bonchev–Trinajstić information content (AvgIpc) is 2.48. The summed E-state index contributed by atoms with van der Waals surface area (Å²) in [6.07, 6.45) is 1.31. The predicted molar refractivity (Wildman–Crippen MR) is 79.4 cm³/mol. The van der Waals surface area contributed by atoms with Crippen LogP contribution in [0.25, 0.3) is 0 Å². The number of urea groups is 1. The lowest BCUT2D eigenvalue weighted by Crippen LogP contribution is -2.47. The molecule has 1 aromatic carbocycles. The van der Waals surface area contributed by atoms with Crippen molar-refractivity contribution < 1.29 is 18.9 Å². The Bertz CT molecular complexity index is 525. The van der Waals surface area contributed by atoms with Gasteiger partial charge in [-0.3, -0.25) is 4.21 Å². The first kappa shape index (κ1) is 15.5. The zero-order valence-electron chi connectivity index (χ0n) is 11.5. The molecule has 1 fully saturated rings. The van der Waals surface area contributed by atoms with Gasteiger partial charge in [0.05, 0.1) is 0 Å². The van der Waals surface area contributed by atoms with Gasteiger partial charge in [0.1, 0.15) is 0 Å². The maximum absolute atomic E-state index is 11.9. The van der Waals surface area contributed by atoms with Crippen molar-refractivity contribution in [2.45, 2.75) is 24.9 Å². The number of nitrogens with one attached hydrogen (secondary N) is 2. The van der Waals surface area contributed by atoms with Crippen LogP contribution >= 0.6 is 0 Å². The molecule has 7 heteroatoms. The second-order valence-corrected chi connectivity index (χ2v) is 6.62. The lowest BCUT2D eigenvalue weighted by Gasteiger charge is -2.24. The number of amides is 2. The molecule has 1 heterocycles. The van der Waals surface area contributed by atoms with Gasteiger partial charge in [0.25, 0.3) is 0 Å². The fourth-order valence-electron chi connectivity index (χ4n) is 2.23. The van der Waals surface area contributed by atoms with Gasteiger partial charge in [-0.1, -0.05) is 30.3 Å². The minimum absolute atomic E-state index is 0.0482. The molecule has 0 aliphatic carbocycles. The molecular weight excluding hydrogens is 292 g/mol. The van der Waals surface area contributed by atoms with Crippen molar-refractivity contribution in [2.24, 2.45) is 0 Å². The number of carbonyl (C=O) groups is 2. The molecule has 21 heavy (non-hydrogen) atoms. The minimum atomic E-state index is -1.11. The van der Waals surface area contributed by atoms with Gasteiger partial charge in [0.15, 0.2) is 6.04 Å². The van der Waals surface area contributed by atoms with Gasteiger partial charge in [-0.25, -0.2) is 9.59 Å². The standard InChI is InChI=1S/C14H18N2O4S/c17-13(18)12(10-4-2-1-3-5-10)16-14(19)15-11-6-8-21(20)9-7-11/h1-5,11-12H,6-9H2,(H,17,18)(H2,15,16,19)/t11?,12-,21?/m1/s1. The fraction of sp³-hybridized carbons (Fsp3) is 0.429. The number of carbonyl (C=O) groups excluding carboxylic acids is 1. The van der Waals surface area contributed by atoms with Crippen LogP contribution in [-0.2, 0) is 15.6 Å². The summed E-state index contributed by atoms with van der Waals surface area (Å²) in [6, 6.07) is 6.90. The summed E-state index contributed by atoms with van der Waals surface area (Å²) >= 11 is 0.